The summed E-state index contributed by atoms with van der Waals surface area (Å²) in [6, 6.07) is 18.6. The first-order valence-corrected chi connectivity index (χ1v) is 9.28. The van der Waals surface area contributed by atoms with Crippen LogP contribution < -0.4 is 5.32 Å². The van der Waals surface area contributed by atoms with Gasteiger partial charge in [-0.25, -0.2) is 9.37 Å². The van der Waals surface area contributed by atoms with Crippen molar-refractivity contribution < 1.29 is 9.18 Å². The van der Waals surface area contributed by atoms with E-state index in [9.17, 15) is 9.18 Å². The molecule has 0 aliphatic heterocycles. The van der Waals surface area contributed by atoms with Gasteiger partial charge in [0.1, 0.15) is 0 Å². The minimum atomic E-state index is -0.599. The summed E-state index contributed by atoms with van der Waals surface area (Å²) in [5.74, 6) is -0.691. The fraction of sp³-hybridized carbons (Fsp3) is 0.304. The Morgan fingerprint density at radius 2 is 1.78 bits per heavy atom. The second-order valence-electron chi connectivity index (χ2n) is 7.79. The highest BCUT2D eigenvalue weighted by molar-refractivity contribution is 5.95. The van der Waals surface area contributed by atoms with E-state index in [1.165, 1.54) is 6.07 Å². The predicted octanol–water partition coefficient (Wildman–Crippen LogP) is 5.15. The van der Waals surface area contributed by atoms with Crippen molar-refractivity contribution in [3.8, 4) is 0 Å². The van der Waals surface area contributed by atoms with Gasteiger partial charge in [-0.05, 0) is 43.4 Å². The molecule has 0 fully saturated rings. The number of amides is 1. The van der Waals surface area contributed by atoms with E-state index in [1.807, 2.05) is 49.4 Å². The molecule has 1 unspecified atom stereocenters. The summed E-state index contributed by atoms with van der Waals surface area (Å²) in [5.41, 5.74) is 1.09. The van der Waals surface area contributed by atoms with Crippen LogP contribution in [0.5, 0.6) is 0 Å². The Labute approximate surface area is 159 Å². The summed E-state index contributed by atoms with van der Waals surface area (Å²) in [4.78, 5) is 17.1. The fourth-order valence-electron chi connectivity index (χ4n) is 3.70. The van der Waals surface area contributed by atoms with E-state index in [4.69, 9.17) is 0 Å². The molecule has 2 aromatic carbocycles. The number of nitrogens with zero attached hydrogens (tertiary/aromatic N) is 1. The molecule has 3 rings (SSSR count). The van der Waals surface area contributed by atoms with Gasteiger partial charge in [0.15, 0.2) is 11.5 Å². The lowest BCUT2D eigenvalue weighted by Gasteiger charge is -2.33. The Morgan fingerprint density at radius 3 is 2.48 bits per heavy atom. The molecule has 140 valence electrons. The predicted molar refractivity (Wildman–Crippen MR) is 107 cm³/mol. The Kier molecular flexibility index (Phi) is 5.54. The molecule has 1 amide bonds. The van der Waals surface area contributed by atoms with E-state index in [2.05, 4.69) is 24.1 Å². The number of halogens is 1. The Morgan fingerprint density at radius 1 is 1.11 bits per heavy atom. The van der Waals surface area contributed by atoms with Gasteiger partial charge in [0, 0.05) is 10.9 Å². The van der Waals surface area contributed by atoms with Crippen LogP contribution in [0.3, 0.4) is 0 Å². The molecule has 1 aromatic heterocycles. The van der Waals surface area contributed by atoms with Crippen molar-refractivity contribution in [1.29, 1.82) is 0 Å². The van der Waals surface area contributed by atoms with Crippen molar-refractivity contribution in [1.82, 2.24) is 10.3 Å². The van der Waals surface area contributed by atoms with E-state index in [0.717, 1.165) is 12.0 Å². The van der Waals surface area contributed by atoms with Crippen LogP contribution in [0.1, 0.15) is 43.2 Å². The zero-order valence-electron chi connectivity index (χ0n) is 16.0. The van der Waals surface area contributed by atoms with Gasteiger partial charge < -0.3 is 5.32 Å². The van der Waals surface area contributed by atoms with Gasteiger partial charge in [-0.3, -0.25) is 4.79 Å². The maximum Gasteiger partial charge on any atom is 0.273 e. The minimum Gasteiger partial charge on any atom is -0.345 e. The van der Waals surface area contributed by atoms with Gasteiger partial charge in [-0.15, -0.1) is 0 Å². The van der Waals surface area contributed by atoms with Crippen molar-refractivity contribution in [2.75, 3.05) is 0 Å². The van der Waals surface area contributed by atoms with Gasteiger partial charge in [0.05, 0.1) is 5.52 Å². The van der Waals surface area contributed by atoms with Crippen molar-refractivity contribution in [2.45, 2.75) is 39.2 Å². The summed E-state index contributed by atoms with van der Waals surface area (Å²) in [5, 5.41) is 3.73. The van der Waals surface area contributed by atoms with Crippen molar-refractivity contribution in [2.24, 2.45) is 5.92 Å². The molecule has 0 spiro atoms. The van der Waals surface area contributed by atoms with Crippen LogP contribution in [-0.2, 0) is 6.42 Å². The number of para-hydroxylation sites is 1. The van der Waals surface area contributed by atoms with Gasteiger partial charge in [-0.1, -0.05) is 62.4 Å². The molecule has 0 saturated heterocycles. The van der Waals surface area contributed by atoms with Gasteiger partial charge >= 0.3 is 0 Å². The Hall–Kier alpha value is -2.75. The van der Waals surface area contributed by atoms with Crippen LogP contribution in [0.4, 0.5) is 4.39 Å². The van der Waals surface area contributed by atoms with E-state index in [0.29, 0.717) is 23.2 Å². The van der Waals surface area contributed by atoms with E-state index in [1.54, 1.807) is 12.1 Å². The molecule has 4 heteroatoms. The number of rotatable bonds is 6. The topological polar surface area (TPSA) is 42.0 Å². The fourth-order valence-corrected chi connectivity index (χ4v) is 3.70. The molecular weight excluding hydrogens is 339 g/mol. The molecule has 3 aromatic rings. The first-order valence-electron chi connectivity index (χ1n) is 9.28. The van der Waals surface area contributed by atoms with Gasteiger partial charge in [-0.2, -0.15) is 0 Å². The maximum atomic E-state index is 14.5. The first kappa shape index (κ1) is 19.0. The maximum absolute atomic E-state index is 14.5. The van der Waals surface area contributed by atoms with Crippen LogP contribution in [0.25, 0.3) is 10.9 Å². The third kappa shape index (κ3) is 4.70. The number of nitrogens with one attached hydrogen (secondary N) is 1. The zero-order chi connectivity index (χ0) is 19.4. The lowest BCUT2D eigenvalue weighted by atomic mass is 9.84. The molecule has 0 aliphatic rings. The monoisotopic (exact) mass is 364 g/mol. The first-order chi connectivity index (χ1) is 12.9. The van der Waals surface area contributed by atoms with Crippen LogP contribution in [0, 0.1) is 11.7 Å². The molecule has 1 N–H and O–H groups in total. The van der Waals surface area contributed by atoms with Crippen LogP contribution >= 0.6 is 0 Å². The largest absolute Gasteiger partial charge is 0.345 e. The summed E-state index contributed by atoms with van der Waals surface area (Å²) in [6.07, 6.45) is 1.45. The molecule has 3 nitrogen and oxygen atoms in total. The van der Waals surface area contributed by atoms with Crippen LogP contribution in [0.15, 0.2) is 60.7 Å². The molecule has 27 heavy (non-hydrogen) atoms. The lowest BCUT2D eigenvalue weighted by Crippen LogP contribution is -2.49. The van der Waals surface area contributed by atoms with Gasteiger partial charge in [0.2, 0.25) is 0 Å². The smallest absolute Gasteiger partial charge is 0.273 e. The number of hydrogen-bond donors (Lipinski definition) is 1. The molecule has 0 bridgehead atoms. The normalized spacial score (nSPS) is 13.5. The second-order valence-corrected chi connectivity index (χ2v) is 7.79. The van der Waals surface area contributed by atoms with E-state index < -0.39 is 17.3 Å². The highest BCUT2D eigenvalue weighted by Crippen LogP contribution is 2.23. The standard InChI is InChI=1S/C23H25FN2O/c1-16(2)14-23(3,15-17-9-5-4-6-10-17)26-22(27)21-19(24)13-18-11-7-8-12-20(18)25-21/h4-13,16H,14-15H2,1-3H3,(H,26,27). The quantitative estimate of drug-likeness (QED) is 0.657. The molecular formula is C23H25FN2O. The summed E-state index contributed by atoms with van der Waals surface area (Å²) < 4.78 is 14.5. The van der Waals surface area contributed by atoms with E-state index in [-0.39, 0.29) is 5.69 Å². The third-order valence-electron chi connectivity index (χ3n) is 4.60. The number of benzene rings is 2. The van der Waals surface area contributed by atoms with Crippen molar-refractivity contribution in [3.63, 3.8) is 0 Å². The highest BCUT2D eigenvalue weighted by Gasteiger charge is 2.30. The third-order valence-corrected chi connectivity index (χ3v) is 4.60. The van der Waals surface area contributed by atoms with Crippen LogP contribution in [-0.4, -0.2) is 16.4 Å². The average molecular weight is 364 g/mol. The summed E-state index contributed by atoms with van der Waals surface area (Å²) in [7, 11) is 0. The number of pyridine rings is 1. The van der Waals surface area contributed by atoms with Gasteiger partial charge in [0.25, 0.3) is 5.91 Å². The Balaban J connectivity index is 1.89. The molecule has 1 heterocycles. The highest BCUT2D eigenvalue weighted by atomic mass is 19.1. The molecule has 0 saturated carbocycles. The van der Waals surface area contributed by atoms with Crippen LogP contribution in [0.2, 0.25) is 0 Å². The molecule has 1 atom stereocenters. The number of carbonyl (C=O) groups excluding carboxylic acids is 1. The minimum absolute atomic E-state index is 0.156. The second kappa shape index (κ2) is 7.87. The van der Waals surface area contributed by atoms with Crippen molar-refractivity contribution >= 4 is 16.8 Å². The van der Waals surface area contributed by atoms with Crippen molar-refractivity contribution in [3.05, 3.63) is 77.7 Å². The van der Waals surface area contributed by atoms with E-state index >= 15 is 0 Å². The number of aromatic nitrogens is 1. The Bertz CT molecular complexity index is 940. The molecule has 0 aliphatic carbocycles. The lowest BCUT2D eigenvalue weighted by molar-refractivity contribution is 0.0885. The number of hydrogen-bond acceptors (Lipinski definition) is 2. The average Bonchev–Trinajstić information content (AvgIpc) is 2.60. The SMILES string of the molecule is CC(C)CC(C)(Cc1ccccc1)NC(=O)c1nc2ccccc2cc1F. The summed E-state index contributed by atoms with van der Waals surface area (Å²) in [6.45, 7) is 6.24. The summed E-state index contributed by atoms with van der Waals surface area (Å²) >= 11 is 0. The molecule has 0 radical (unpaired) electrons. The number of carbonyl (C=O) groups is 1. The number of fused-ring (bicyclic) bond motifs is 1. The zero-order valence-corrected chi connectivity index (χ0v) is 16.0.